The number of aliphatic carboxylic acids is 1. The van der Waals surface area contributed by atoms with Crippen LogP contribution in [0.3, 0.4) is 0 Å². The van der Waals surface area contributed by atoms with E-state index < -0.39 is 40.0 Å². The molecule has 4 rings (SSSR count). The van der Waals surface area contributed by atoms with E-state index in [1.54, 1.807) is 19.9 Å². The maximum absolute atomic E-state index is 13.2. The molecule has 2 saturated heterocycles. The van der Waals surface area contributed by atoms with Gasteiger partial charge in [-0.15, -0.1) is 11.8 Å². The zero-order valence-corrected chi connectivity index (χ0v) is 20.6. The van der Waals surface area contributed by atoms with Crippen molar-refractivity contribution < 1.29 is 59.3 Å². The summed E-state index contributed by atoms with van der Waals surface area (Å²) in [5, 5.41) is 15.5. The minimum absolute atomic E-state index is 0. The fourth-order valence-corrected chi connectivity index (χ4v) is 5.72. The molecule has 3 atom stereocenters. The number of hydrogen-bond donors (Lipinski definition) is 1. The summed E-state index contributed by atoms with van der Waals surface area (Å²) < 4.78 is 4.95. The summed E-state index contributed by atoms with van der Waals surface area (Å²) in [4.78, 5) is 38.7. The molecule has 3 N–H and O–H groups in total. The second-order valence-electron chi connectivity index (χ2n) is 7.62. The number of fused-ring (bicyclic) bond motifs is 2. The van der Waals surface area contributed by atoms with Crippen LogP contribution < -0.4 is 44.7 Å². The van der Waals surface area contributed by atoms with Gasteiger partial charge in [-0.25, -0.2) is 0 Å². The van der Waals surface area contributed by atoms with E-state index in [1.165, 1.54) is 16.7 Å². The Morgan fingerprint density at radius 3 is 2.55 bits per heavy atom. The number of carbonyl (C=O) groups excluding carboxylic acids is 3. The van der Waals surface area contributed by atoms with Crippen LogP contribution in [0, 0.1) is 0 Å². The number of amides is 2. The quantitative estimate of drug-likeness (QED) is 0.387. The molecule has 2 heterocycles. The first-order valence-corrected chi connectivity index (χ1v) is 10.3. The van der Waals surface area contributed by atoms with Crippen LogP contribution in [0.25, 0.3) is 10.8 Å². The number of rotatable bonds is 5. The van der Waals surface area contributed by atoms with Crippen molar-refractivity contribution in [1.29, 1.82) is 0 Å². The van der Waals surface area contributed by atoms with Crippen molar-refractivity contribution in [1.82, 2.24) is 10.2 Å². The first-order valence-electron chi connectivity index (χ1n) is 9.42. The molecule has 0 aromatic heterocycles. The number of hydrogen-bond acceptors (Lipinski definition) is 6. The molecule has 2 aromatic rings. The average molecular weight is 454 g/mol. The van der Waals surface area contributed by atoms with E-state index in [4.69, 9.17) is 4.74 Å². The van der Waals surface area contributed by atoms with Gasteiger partial charge in [-0.05, 0) is 37.6 Å². The Hall–Kier alpha value is -1.78. The van der Waals surface area contributed by atoms with Crippen LogP contribution in [-0.4, -0.2) is 57.0 Å². The molecule has 31 heavy (non-hydrogen) atoms. The van der Waals surface area contributed by atoms with Gasteiger partial charge in [0.2, 0.25) is 5.91 Å². The Kier molecular flexibility index (Phi) is 7.71. The fourth-order valence-electron chi connectivity index (χ4n) is 4.10. The smallest absolute Gasteiger partial charge is 0.548 e. The van der Waals surface area contributed by atoms with Crippen LogP contribution in [0.2, 0.25) is 0 Å². The summed E-state index contributed by atoms with van der Waals surface area (Å²) >= 11 is 1.36. The minimum atomic E-state index is -1.28. The van der Waals surface area contributed by atoms with Crippen LogP contribution in [-0.2, 0) is 9.59 Å². The van der Waals surface area contributed by atoms with Crippen LogP contribution in [0.4, 0.5) is 0 Å². The summed E-state index contributed by atoms with van der Waals surface area (Å²) in [5.74, 6) is -1.66. The molecule has 2 fully saturated rings. The van der Waals surface area contributed by atoms with E-state index in [0.29, 0.717) is 17.9 Å². The number of carbonyl (C=O) groups is 3. The summed E-state index contributed by atoms with van der Waals surface area (Å²) in [6.45, 7) is 5.76. The van der Waals surface area contributed by atoms with Gasteiger partial charge in [0.25, 0.3) is 5.91 Å². The molecule has 2 amide bonds. The SMILES string of the molecule is CCOc1ccc2ccccc2c1C(=O)NC1C(=O)N2C(C(=O)[O-])C(C)(C)S[C@H]12.O.[Na+]. The zero-order chi connectivity index (χ0) is 20.9. The van der Waals surface area contributed by atoms with Gasteiger partial charge in [0, 0.05) is 4.75 Å². The maximum Gasteiger partial charge on any atom is 1.00 e. The van der Waals surface area contributed by atoms with Crippen LogP contribution in [0.5, 0.6) is 5.75 Å². The molecule has 2 unspecified atom stereocenters. The molecule has 2 aliphatic rings. The molecule has 160 valence electrons. The van der Waals surface area contributed by atoms with Gasteiger partial charge in [-0.3, -0.25) is 9.59 Å². The van der Waals surface area contributed by atoms with Gasteiger partial charge in [-0.2, -0.15) is 0 Å². The van der Waals surface area contributed by atoms with Crippen LogP contribution in [0.1, 0.15) is 31.1 Å². The number of carboxylic acid groups (broad SMARTS) is 1. The predicted molar refractivity (Wildman–Crippen MR) is 111 cm³/mol. The third-order valence-electron chi connectivity index (χ3n) is 5.37. The van der Waals surface area contributed by atoms with Gasteiger partial charge >= 0.3 is 29.6 Å². The number of carboxylic acids is 1. The summed E-state index contributed by atoms with van der Waals surface area (Å²) in [7, 11) is 0. The third kappa shape index (κ3) is 4.17. The van der Waals surface area contributed by atoms with E-state index in [0.717, 1.165) is 10.8 Å². The first kappa shape index (κ1) is 25.5. The second kappa shape index (κ2) is 9.38. The molecule has 2 aliphatic heterocycles. The van der Waals surface area contributed by atoms with E-state index in [1.807, 2.05) is 37.3 Å². The number of β-lactam (4-membered cyclic amide) rings is 1. The van der Waals surface area contributed by atoms with E-state index in [9.17, 15) is 19.5 Å². The maximum atomic E-state index is 13.2. The van der Waals surface area contributed by atoms with Crippen LogP contribution >= 0.6 is 11.8 Å². The standard InChI is InChI=1S/C21H22N2O5S.Na.H2O/c1-4-28-13-10-9-11-7-5-6-8-12(11)14(13)17(24)22-15-18(25)23-16(20(26)27)21(2,3)29-19(15)23;;/h5-10,15-16,19H,4H2,1-3H3,(H,22,24)(H,26,27);;1H2/q;+1;/p-1/t15?,16?,19-;;/m1../s1. The topological polar surface area (TPSA) is 130 Å². The number of benzene rings is 2. The zero-order valence-electron chi connectivity index (χ0n) is 17.8. The van der Waals surface area contributed by atoms with Gasteiger partial charge < -0.3 is 30.3 Å². The molecule has 10 heteroatoms. The normalized spacial score (nSPS) is 23.1. The van der Waals surface area contributed by atoms with Gasteiger partial charge in [-0.1, -0.05) is 30.3 Å². The van der Waals surface area contributed by atoms with Crippen molar-refractivity contribution in [3.05, 3.63) is 42.0 Å². The Balaban J connectivity index is 0.00000171. The van der Waals surface area contributed by atoms with Gasteiger partial charge in [0.05, 0.1) is 24.2 Å². The number of nitrogens with zero attached hydrogens (tertiary/aromatic N) is 1. The molecule has 0 spiro atoms. The predicted octanol–water partition coefficient (Wildman–Crippen LogP) is -2.67. The Morgan fingerprint density at radius 2 is 1.90 bits per heavy atom. The van der Waals surface area contributed by atoms with Crippen LogP contribution in [0.15, 0.2) is 36.4 Å². The second-order valence-corrected chi connectivity index (χ2v) is 9.39. The van der Waals surface area contributed by atoms with E-state index in [2.05, 4.69) is 5.32 Å². The third-order valence-corrected chi connectivity index (χ3v) is 6.94. The van der Waals surface area contributed by atoms with Crippen molar-refractivity contribution in [2.45, 2.75) is 43.0 Å². The van der Waals surface area contributed by atoms with Crippen molar-refractivity contribution in [3.63, 3.8) is 0 Å². The van der Waals surface area contributed by atoms with Crippen molar-refractivity contribution in [2.24, 2.45) is 0 Å². The van der Waals surface area contributed by atoms with E-state index >= 15 is 0 Å². The van der Waals surface area contributed by atoms with Crippen molar-refractivity contribution in [3.8, 4) is 5.75 Å². The molecule has 2 aromatic carbocycles. The first-order chi connectivity index (χ1) is 13.8. The van der Waals surface area contributed by atoms with Crippen molar-refractivity contribution >= 4 is 40.3 Å². The number of ether oxygens (including phenoxy) is 1. The number of thioether (sulfide) groups is 1. The number of nitrogens with one attached hydrogen (secondary N) is 1. The molecule has 0 radical (unpaired) electrons. The van der Waals surface area contributed by atoms with Gasteiger partial charge in [0.1, 0.15) is 17.2 Å². The molecule has 0 saturated carbocycles. The fraction of sp³-hybridized carbons (Fsp3) is 0.381. The van der Waals surface area contributed by atoms with E-state index in [-0.39, 0.29) is 35.0 Å². The molecule has 0 bridgehead atoms. The molecule has 0 aliphatic carbocycles. The summed E-state index contributed by atoms with van der Waals surface area (Å²) in [6, 6.07) is 9.28. The largest absolute Gasteiger partial charge is 1.00 e. The molecular formula is C21H23N2NaO6S. The Bertz CT molecular complexity index is 1030. The van der Waals surface area contributed by atoms with Crippen molar-refractivity contribution in [2.75, 3.05) is 6.61 Å². The molecular weight excluding hydrogens is 431 g/mol. The summed E-state index contributed by atoms with van der Waals surface area (Å²) in [5.41, 5.74) is 0.370. The minimum Gasteiger partial charge on any atom is -0.548 e. The Morgan fingerprint density at radius 1 is 1.23 bits per heavy atom. The van der Waals surface area contributed by atoms with Gasteiger partial charge in [0.15, 0.2) is 0 Å². The molecule has 8 nitrogen and oxygen atoms in total. The monoisotopic (exact) mass is 454 g/mol. The Labute approximate surface area is 206 Å². The summed E-state index contributed by atoms with van der Waals surface area (Å²) in [6.07, 6.45) is 0. The average Bonchev–Trinajstić information content (AvgIpc) is 2.94.